The van der Waals surface area contributed by atoms with Gasteiger partial charge in [0.2, 0.25) is 5.91 Å². The normalized spacial score (nSPS) is 9.75. The lowest BCUT2D eigenvalue weighted by atomic mass is 10.4. The summed E-state index contributed by atoms with van der Waals surface area (Å²) in [5.41, 5.74) is 6.81. The quantitative estimate of drug-likeness (QED) is 0.841. The van der Waals surface area contributed by atoms with E-state index in [9.17, 15) is 4.79 Å². The molecule has 92 valence electrons. The SMILES string of the molecule is Cc1nn(CC(=O)NCCN)c(C)c1Cl.Cl. The molecule has 1 aromatic heterocycles. The van der Waals surface area contributed by atoms with Crippen molar-refractivity contribution in [1.29, 1.82) is 0 Å². The van der Waals surface area contributed by atoms with Crippen LogP contribution in [0.1, 0.15) is 11.4 Å². The van der Waals surface area contributed by atoms with Crippen LogP contribution in [0.2, 0.25) is 5.02 Å². The minimum absolute atomic E-state index is 0. The third kappa shape index (κ3) is 3.66. The molecular weight excluding hydrogens is 251 g/mol. The summed E-state index contributed by atoms with van der Waals surface area (Å²) in [6, 6.07) is 0. The first-order valence-electron chi connectivity index (χ1n) is 4.72. The first-order chi connectivity index (χ1) is 7.06. The van der Waals surface area contributed by atoms with Crippen LogP contribution in [0.3, 0.4) is 0 Å². The van der Waals surface area contributed by atoms with Crippen molar-refractivity contribution in [2.24, 2.45) is 5.73 Å². The zero-order valence-corrected chi connectivity index (χ0v) is 10.9. The summed E-state index contributed by atoms with van der Waals surface area (Å²) >= 11 is 5.95. The standard InChI is InChI=1S/C9H15ClN4O.ClH/c1-6-9(10)7(2)14(13-6)5-8(15)12-4-3-11;/h3-5,11H2,1-2H3,(H,12,15);1H. The summed E-state index contributed by atoms with van der Waals surface area (Å²) in [6.07, 6.45) is 0. The van der Waals surface area contributed by atoms with E-state index < -0.39 is 0 Å². The van der Waals surface area contributed by atoms with Crippen LogP contribution in [-0.4, -0.2) is 28.8 Å². The highest BCUT2D eigenvalue weighted by Crippen LogP contribution is 2.18. The van der Waals surface area contributed by atoms with Crippen LogP contribution in [0.15, 0.2) is 0 Å². The van der Waals surface area contributed by atoms with E-state index in [0.717, 1.165) is 11.4 Å². The van der Waals surface area contributed by atoms with Gasteiger partial charge in [0.1, 0.15) is 6.54 Å². The van der Waals surface area contributed by atoms with E-state index >= 15 is 0 Å². The number of nitrogens with one attached hydrogen (secondary N) is 1. The predicted molar refractivity (Wildman–Crippen MR) is 66.0 cm³/mol. The van der Waals surface area contributed by atoms with Gasteiger partial charge in [0.05, 0.1) is 16.4 Å². The summed E-state index contributed by atoms with van der Waals surface area (Å²) < 4.78 is 1.59. The molecule has 1 amide bonds. The Kier molecular flexibility index (Phi) is 6.40. The summed E-state index contributed by atoms with van der Waals surface area (Å²) in [4.78, 5) is 11.4. The van der Waals surface area contributed by atoms with E-state index in [-0.39, 0.29) is 24.9 Å². The number of halogens is 2. The van der Waals surface area contributed by atoms with Crippen molar-refractivity contribution >= 4 is 29.9 Å². The molecule has 1 aromatic rings. The molecule has 0 unspecified atom stereocenters. The van der Waals surface area contributed by atoms with Crippen molar-refractivity contribution in [3.05, 3.63) is 16.4 Å². The predicted octanol–water partition coefficient (Wildman–Crippen LogP) is 0.650. The van der Waals surface area contributed by atoms with Crippen LogP contribution in [0, 0.1) is 13.8 Å². The third-order valence-electron chi connectivity index (χ3n) is 2.05. The number of nitrogens with two attached hydrogens (primary N) is 1. The summed E-state index contributed by atoms with van der Waals surface area (Å²) in [7, 11) is 0. The van der Waals surface area contributed by atoms with Crippen LogP contribution in [0.5, 0.6) is 0 Å². The minimum atomic E-state index is -0.109. The molecule has 0 fully saturated rings. The molecule has 5 nitrogen and oxygen atoms in total. The topological polar surface area (TPSA) is 72.9 Å². The number of amides is 1. The van der Waals surface area contributed by atoms with Crippen LogP contribution in [-0.2, 0) is 11.3 Å². The molecule has 0 atom stereocenters. The second-order valence-corrected chi connectivity index (χ2v) is 3.66. The highest BCUT2D eigenvalue weighted by atomic mass is 35.5. The molecule has 0 aromatic carbocycles. The van der Waals surface area contributed by atoms with Crippen LogP contribution < -0.4 is 11.1 Å². The van der Waals surface area contributed by atoms with Gasteiger partial charge in [-0.1, -0.05) is 11.6 Å². The van der Waals surface area contributed by atoms with E-state index in [0.29, 0.717) is 18.1 Å². The molecule has 7 heteroatoms. The Bertz CT molecular complexity index is 365. The molecule has 0 bridgehead atoms. The molecule has 16 heavy (non-hydrogen) atoms. The number of aryl methyl sites for hydroxylation is 1. The average molecular weight is 267 g/mol. The number of hydrogen-bond donors (Lipinski definition) is 2. The lowest BCUT2D eigenvalue weighted by Crippen LogP contribution is -2.32. The van der Waals surface area contributed by atoms with Gasteiger partial charge in [-0.2, -0.15) is 5.10 Å². The minimum Gasteiger partial charge on any atom is -0.353 e. The number of rotatable bonds is 4. The van der Waals surface area contributed by atoms with Gasteiger partial charge in [-0.05, 0) is 13.8 Å². The summed E-state index contributed by atoms with van der Waals surface area (Å²) in [5, 5.41) is 7.43. The van der Waals surface area contributed by atoms with Gasteiger partial charge in [-0.15, -0.1) is 12.4 Å². The number of aromatic nitrogens is 2. The maximum Gasteiger partial charge on any atom is 0.241 e. The highest BCUT2D eigenvalue weighted by Gasteiger charge is 2.11. The van der Waals surface area contributed by atoms with Crippen molar-refractivity contribution < 1.29 is 4.79 Å². The van der Waals surface area contributed by atoms with E-state index in [1.807, 2.05) is 13.8 Å². The fourth-order valence-corrected chi connectivity index (χ4v) is 1.37. The maximum atomic E-state index is 11.4. The zero-order valence-electron chi connectivity index (χ0n) is 9.29. The molecule has 3 N–H and O–H groups in total. The molecule has 0 aliphatic carbocycles. The van der Waals surface area contributed by atoms with E-state index in [2.05, 4.69) is 10.4 Å². The monoisotopic (exact) mass is 266 g/mol. The average Bonchev–Trinajstić information content (AvgIpc) is 2.43. The van der Waals surface area contributed by atoms with Gasteiger partial charge >= 0.3 is 0 Å². The van der Waals surface area contributed by atoms with Crippen LogP contribution in [0.4, 0.5) is 0 Å². The summed E-state index contributed by atoms with van der Waals surface area (Å²) in [6.45, 7) is 4.73. The zero-order chi connectivity index (χ0) is 11.4. The van der Waals surface area contributed by atoms with Gasteiger partial charge in [0.25, 0.3) is 0 Å². The Morgan fingerprint density at radius 3 is 2.62 bits per heavy atom. The van der Waals surface area contributed by atoms with Crippen molar-refractivity contribution in [3.8, 4) is 0 Å². The number of nitrogens with zero attached hydrogens (tertiary/aromatic N) is 2. The number of carbonyl (C=O) groups excluding carboxylic acids is 1. The Balaban J connectivity index is 0.00000225. The first-order valence-corrected chi connectivity index (χ1v) is 5.10. The molecule has 1 rings (SSSR count). The molecule has 0 spiro atoms. The first kappa shape index (κ1) is 15.2. The van der Waals surface area contributed by atoms with Gasteiger partial charge in [0, 0.05) is 13.1 Å². The number of carbonyl (C=O) groups is 1. The van der Waals surface area contributed by atoms with Gasteiger partial charge < -0.3 is 11.1 Å². The smallest absolute Gasteiger partial charge is 0.241 e. The van der Waals surface area contributed by atoms with Crippen molar-refractivity contribution in [2.75, 3.05) is 13.1 Å². The number of hydrogen-bond acceptors (Lipinski definition) is 3. The molecule has 0 saturated carbocycles. The van der Waals surface area contributed by atoms with Crippen LogP contribution in [0.25, 0.3) is 0 Å². The van der Waals surface area contributed by atoms with Gasteiger partial charge in [0.15, 0.2) is 0 Å². The molecular formula is C9H16Cl2N4O. The molecule has 0 radical (unpaired) electrons. The summed E-state index contributed by atoms with van der Waals surface area (Å²) in [5.74, 6) is -0.109. The highest BCUT2D eigenvalue weighted by molar-refractivity contribution is 6.31. The largest absolute Gasteiger partial charge is 0.353 e. The third-order valence-corrected chi connectivity index (χ3v) is 2.60. The Labute approximate surface area is 106 Å². The fourth-order valence-electron chi connectivity index (χ4n) is 1.23. The maximum absolute atomic E-state index is 11.4. The van der Waals surface area contributed by atoms with Crippen molar-refractivity contribution in [2.45, 2.75) is 20.4 Å². The molecule has 0 saturated heterocycles. The van der Waals surface area contributed by atoms with Crippen molar-refractivity contribution in [3.63, 3.8) is 0 Å². The lowest BCUT2D eigenvalue weighted by Gasteiger charge is -2.05. The fraction of sp³-hybridized carbons (Fsp3) is 0.556. The van der Waals surface area contributed by atoms with Crippen LogP contribution >= 0.6 is 24.0 Å². The lowest BCUT2D eigenvalue weighted by molar-refractivity contribution is -0.121. The van der Waals surface area contributed by atoms with Gasteiger partial charge in [-0.25, -0.2) is 0 Å². The van der Waals surface area contributed by atoms with Gasteiger partial charge in [-0.3, -0.25) is 9.48 Å². The van der Waals surface area contributed by atoms with E-state index in [1.165, 1.54) is 0 Å². The Morgan fingerprint density at radius 1 is 1.56 bits per heavy atom. The molecule has 1 heterocycles. The Hall–Kier alpha value is -0.780. The molecule has 0 aliphatic rings. The van der Waals surface area contributed by atoms with E-state index in [1.54, 1.807) is 4.68 Å². The van der Waals surface area contributed by atoms with E-state index in [4.69, 9.17) is 17.3 Å². The Morgan fingerprint density at radius 2 is 2.19 bits per heavy atom. The van der Waals surface area contributed by atoms with Crippen molar-refractivity contribution in [1.82, 2.24) is 15.1 Å². The molecule has 0 aliphatic heterocycles. The second kappa shape index (κ2) is 6.73. The second-order valence-electron chi connectivity index (χ2n) is 3.28.